The summed E-state index contributed by atoms with van der Waals surface area (Å²) >= 11 is 5.12. The quantitative estimate of drug-likeness (QED) is 0.814. The normalized spacial score (nSPS) is 16.5. The number of nitrogens with one attached hydrogen (secondary N) is 1. The summed E-state index contributed by atoms with van der Waals surface area (Å²) in [4.78, 5) is 0.477. The molecular weight excluding hydrogens is 240 g/mol. The summed E-state index contributed by atoms with van der Waals surface area (Å²) in [5, 5.41) is 3.52. The minimum atomic E-state index is 0.477. The van der Waals surface area contributed by atoms with Gasteiger partial charge in [-0.05, 0) is 37.8 Å². The van der Waals surface area contributed by atoms with Crippen LogP contribution in [0.25, 0.3) is 0 Å². The number of anilines is 1. The Hall–Kier alpha value is -1.09. The van der Waals surface area contributed by atoms with Crippen LogP contribution in [0.5, 0.6) is 0 Å². The SMILES string of the molecule is Cc1ccc(NCC2CCCCC2)c(C(N)=S)c1. The van der Waals surface area contributed by atoms with Crippen molar-refractivity contribution in [1.29, 1.82) is 0 Å². The zero-order valence-electron chi connectivity index (χ0n) is 11.0. The van der Waals surface area contributed by atoms with Crippen LogP contribution in [0, 0.1) is 12.8 Å². The van der Waals surface area contributed by atoms with Crippen molar-refractivity contribution >= 4 is 22.9 Å². The average molecular weight is 262 g/mol. The lowest BCUT2D eigenvalue weighted by Crippen LogP contribution is -2.19. The van der Waals surface area contributed by atoms with Crippen molar-refractivity contribution < 1.29 is 0 Å². The van der Waals surface area contributed by atoms with Gasteiger partial charge in [0, 0.05) is 17.8 Å². The molecule has 0 saturated heterocycles. The molecule has 0 unspecified atom stereocenters. The standard InChI is InChI=1S/C15H22N2S/c1-11-7-8-14(13(9-11)15(16)18)17-10-12-5-3-2-4-6-12/h7-9,12,17H,2-6,10H2,1H3,(H2,16,18). The van der Waals surface area contributed by atoms with E-state index in [1.54, 1.807) is 0 Å². The minimum Gasteiger partial charge on any atom is -0.389 e. The van der Waals surface area contributed by atoms with Gasteiger partial charge in [-0.3, -0.25) is 0 Å². The van der Waals surface area contributed by atoms with E-state index in [-0.39, 0.29) is 0 Å². The van der Waals surface area contributed by atoms with Crippen LogP contribution in [0.1, 0.15) is 43.2 Å². The van der Waals surface area contributed by atoms with Gasteiger partial charge in [0.25, 0.3) is 0 Å². The highest BCUT2D eigenvalue weighted by molar-refractivity contribution is 7.80. The fraction of sp³-hybridized carbons (Fsp3) is 0.533. The van der Waals surface area contributed by atoms with E-state index >= 15 is 0 Å². The maximum Gasteiger partial charge on any atom is 0.106 e. The molecule has 2 nitrogen and oxygen atoms in total. The molecule has 2 rings (SSSR count). The molecule has 1 aromatic carbocycles. The van der Waals surface area contributed by atoms with Gasteiger partial charge in [-0.25, -0.2) is 0 Å². The Kier molecular flexibility index (Phi) is 4.59. The molecule has 0 aromatic heterocycles. The zero-order valence-corrected chi connectivity index (χ0v) is 11.9. The number of hydrogen-bond acceptors (Lipinski definition) is 2. The van der Waals surface area contributed by atoms with E-state index in [4.69, 9.17) is 18.0 Å². The molecule has 3 heteroatoms. The van der Waals surface area contributed by atoms with E-state index in [2.05, 4.69) is 30.4 Å². The van der Waals surface area contributed by atoms with E-state index in [9.17, 15) is 0 Å². The van der Waals surface area contributed by atoms with Gasteiger partial charge < -0.3 is 11.1 Å². The fourth-order valence-corrected chi connectivity index (χ4v) is 2.83. The Bertz CT molecular complexity index is 423. The Morgan fingerprint density at radius 2 is 2.06 bits per heavy atom. The zero-order chi connectivity index (χ0) is 13.0. The lowest BCUT2D eigenvalue weighted by molar-refractivity contribution is 0.373. The van der Waals surface area contributed by atoms with Gasteiger partial charge >= 0.3 is 0 Å². The lowest BCUT2D eigenvalue weighted by atomic mass is 9.89. The molecule has 18 heavy (non-hydrogen) atoms. The predicted molar refractivity (Wildman–Crippen MR) is 82.1 cm³/mol. The van der Waals surface area contributed by atoms with Gasteiger partial charge in [0.05, 0.1) is 0 Å². The highest BCUT2D eigenvalue weighted by atomic mass is 32.1. The highest BCUT2D eigenvalue weighted by Crippen LogP contribution is 2.25. The molecule has 1 saturated carbocycles. The first-order chi connectivity index (χ1) is 8.66. The van der Waals surface area contributed by atoms with E-state index in [0.717, 1.165) is 23.7 Å². The third-order valence-corrected chi connectivity index (χ3v) is 3.97. The largest absolute Gasteiger partial charge is 0.389 e. The van der Waals surface area contributed by atoms with Crippen molar-refractivity contribution in [3.8, 4) is 0 Å². The second kappa shape index (κ2) is 6.19. The van der Waals surface area contributed by atoms with Gasteiger partial charge in [0.15, 0.2) is 0 Å². The monoisotopic (exact) mass is 262 g/mol. The summed E-state index contributed by atoms with van der Waals surface area (Å²) in [5.41, 5.74) is 9.03. The summed E-state index contributed by atoms with van der Waals surface area (Å²) in [6.45, 7) is 3.10. The molecule has 0 heterocycles. The molecule has 1 aliphatic rings. The Labute approximate surface area is 115 Å². The summed E-state index contributed by atoms with van der Waals surface area (Å²) in [5.74, 6) is 0.805. The van der Waals surface area contributed by atoms with Gasteiger partial charge in [0.1, 0.15) is 4.99 Å². The second-order valence-electron chi connectivity index (χ2n) is 5.30. The van der Waals surface area contributed by atoms with Crippen molar-refractivity contribution in [2.45, 2.75) is 39.0 Å². The topological polar surface area (TPSA) is 38.0 Å². The van der Waals surface area contributed by atoms with E-state index in [1.165, 1.54) is 37.7 Å². The van der Waals surface area contributed by atoms with Gasteiger partial charge in [0.2, 0.25) is 0 Å². The van der Waals surface area contributed by atoms with E-state index in [1.807, 2.05) is 0 Å². The van der Waals surface area contributed by atoms with Crippen molar-refractivity contribution in [3.63, 3.8) is 0 Å². The molecule has 1 aliphatic carbocycles. The van der Waals surface area contributed by atoms with Crippen molar-refractivity contribution in [1.82, 2.24) is 0 Å². The number of rotatable bonds is 4. The first-order valence-electron chi connectivity index (χ1n) is 6.81. The molecule has 0 radical (unpaired) electrons. The third-order valence-electron chi connectivity index (χ3n) is 3.75. The summed E-state index contributed by atoms with van der Waals surface area (Å²) in [6, 6.07) is 6.25. The molecule has 3 N–H and O–H groups in total. The first kappa shape index (κ1) is 13.3. The molecule has 0 atom stereocenters. The number of benzene rings is 1. The molecular formula is C15H22N2S. The van der Waals surface area contributed by atoms with Gasteiger partial charge in [-0.1, -0.05) is 43.1 Å². The first-order valence-corrected chi connectivity index (χ1v) is 7.22. The minimum absolute atomic E-state index is 0.477. The van der Waals surface area contributed by atoms with Crippen molar-refractivity contribution in [3.05, 3.63) is 29.3 Å². The van der Waals surface area contributed by atoms with Crippen LogP contribution in [0.4, 0.5) is 5.69 Å². The summed E-state index contributed by atoms with van der Waals surface area (Å²) in [7, 11) is 0. The van der Waals surface area contributed by atoms with Gasteiger partial charge in [-0.2, -0.15) is 0 Å². The van der Waals surface area contributed by atoms with Crippen molar-refractivity contribution in [2.75, 3.05) is 11.9 Å². The maximum atomic E-state index is 5.78. The molecule has 98 valence electrons. The third kappa shape index (κ3) is 3.45. The molecule has 0 bridgehead atoms. The van der Waals surface area contributed by atoms with Crippen LogP contribution in [0.3, 0.4) is 0 Å². The smallest absolute Gasteiger partial charge is 0.106 e. The summed E-state index contributed by atoms with van der Waals surface area (Å²) in [6.07, 6.45) is 6.85. The molecule has 0 aliphatic heterocycles. The summed E-state index contributed by atoms with van der Waals surface area (Å²) < 4.78 is 0. The highest BCUT2D eigenvalue weighted by Gasteiger charge is 2.14. The number of thiocarbonyl (C=S) groups is 1. The van der Waals surface area contributed by atoms with Crippen LogP contribution >= 0.6 is 12.2 Å². The second-order valence-corrected chi connectivity index (χ2v) is 5.74. The maximum absolute atomic E-state index is 5.78. The van der Waals surface area contributed by atoms with Crippen LogP contribution in [-0.4, -0.2) is 11.5 Å². The molecule has 0 spiro atoms. The Morgan fingerprint density at radius 1 is 1.33 bits per heavy atom. The van der Waals surface area contributed by atoms with Crippen LogP contribution < -0.4 is 11.1 Å². The number of aryl methyl sites for hydroxylation is 1. The Morgan fingerprint density at radius 3 is 2.72 bits per heavy atom. The average Bonchev–Trinajstić information content (AvgIpc) is 2.38. The lowest BCUT2D eigenvalue weighted by Gasteiger charge is -2.23. The van der Waals surface area contributed by atoms with Crippen LogP contribution in [0.15, 0.2) is 18.2 Å². The van der Waals surface area contributed by atoms with E-state index < -0.39 is 0 Å². The number of hydrogen-bond donors (Lipinski definition) is 2. The number of nitrogens with two attached hydrogens (primary N) is 1. The van der Waals surface area contributed by atoms with Crippen LogP contribution in [0.2, 0.25) is 0 Å². The van der Waals surface area contributed by atoms with Crippen LogP contribution in [-0.2, 0) is 0 Å². The van der Waals surface area contributed by atoms with Crippen molar-refractivity contribution in [2.24, 2.45) is 11.7 Å². The predicted octanol–water partition coefficient (Wildman–Crippen LogP) is 3.62. The molecule has 0 amide bonds. The molecule has 1 aromatic rings. The van der Waals surface area contributed by atoms with Gasteiger partial charge in [-0.15, -0.1) is 0 Å². The fourth-order valence-electron chi connectivity index (χ4n) is 2.66. The molecule has 1 fully saturated rings. The van der Waals surface area contributed by atoms with E-state index in [0.29, 0.717) is 4.99 Å². The Balaban J connectivity index is 2.01.